The Morgan fingerprint density at radius 3 is 2.40 bits per heavy atom. The maximum absolute atomic E-state index is 12.6. The first-order valence-corrected chi connectivity index (χ1v) is 5.32. The molecular weight excluding hydrogens is 184 g/mol. The summed E-state index contributed by atoms with van der Waals surface area (Å²) in [5, 5.41) is 9.75. The summed E-state index contributed by atoms with van der Waals surface area (Å²) in [5.74, 6) is -0.442. The predicted molar refractivity (Wildman–Crippen MR) is 61.3 cm³/mol. The van der Waals surface area contributed by atoms with Gasteiger partial charge in [0.15, 0.2) is 0 Å². The number of unbranched alkanes of at least 4 members (excludes halogenated alkanes) is 1. The van der Waals surface area contributed by atoms with E-state index in [9.17, 15) is 4.39 Å². The van der Waals surface area contributed by atoms with E-state index in [4.69, 9.17) is 5.26 Å². The van der Waals surface area contributed by atoms with E-state index in [0.29, 0.717) is 5.56 Å². The number of nitrogens with zero attached hydrogens (tertiary/aromatic N) is 1. The van der Waals surface area contributed by atoms with Crippen LogP contribution in [0.15, 0.2) is 18.2 Å². The molecule has 0 unspecified atom stereocenters. The van der Waals surface area contributed by atoms with E-state index >= 15 is 0 Å². The van der Waals surface area contributed by atoms with Gasteiger partial charge < -0.3 is 0 Å². The van der Waals surface area contributed by atoms with Gasteiger partial charge in [0.1, 0.15) is 11.9 Å². The second kappa shape index (κ2) is 8.54. The Hall–Kier alpha value is -0.763. The van der Waals surface area contributed by atoms with Crippen LogP contribution in [0, 0.1) is 24.1 Å². The SMILES string of the molecule is Cc1cccc(F)c1C#N.[Li][CH2]CCC. The monoisotopic (exact) mass is 199 g/mol. The summed E-state index contributed by atoms with van der Waals surface area (Å²) in [4.78, 5) is 0. The van der Waals surface area contributed by atoms with Crippen molar-refractivity contribution in [2.24, 2.45) is 0 Å². The van der Waals surface area contributed by atoms with Crippen molar-refractivity contribution >= 4 is 17.7 Å². The van der Waals surface area contributed by atoms with Crippen molar-refractivity contribution in [3.8, 4) is 6.07 Å². The second-order valence-corrected chi connectivity index (χ2v) is 3.40. The fourth-order valence-corrected chi connectivity index (χ4v) is 1.13. The molecule has 0 atom stereocenters. The van der Waals surface area contributed by atoms with Crippen molar-refractivity contribution in [3.63, 3.8) is 0 Å². The minimum atomic E-state index is -0.442. The Morgan fingerprint density at radius 2 is 2.13 bits per heavy atom. The molecule has 0 fully saturated rings. The van der Waals surface area contributed by atoms with E-state index in [0.717, 1.165) is 0 Å². The van der Waals surface area contributed by atoms with Crippen molar-refractivity contribution in [2.75, 3.05) is 0 Å². The van der Waals surface area contributed by atoms with Crippen LogP contribution in [0.3, 0.4) is 0 Å². The molecule has 0 heterocycles. The van der Waals surface area contributed by atoms with Gasteiger partial charge in [0, 0.05) is 0 Å². The average molecular weight is 199 g/mol. The van der Waals surface area contributed by atoms with Crippen molar-refractivity contribution < 1.29 is 4.39 Å². The fraction of sp³-hybridized carbons (Fsp3) is 0.417. The Kier molecular flexibility index (Phi) is 8.10. The first-order valence-electron chi connectivity index (χ1n) is 5.32. The molecule has 0 aliphatic carbocycles. The predicted octanol–water partition coefficient (Wildman–Crippen LogP) is 3.38. The number of benzene rings is 1. The van der Waals surface area contributed by atoms with Crippen molar-refractivity contribution in [1.29, 1.82) is 5.26 Å². The summed E-state index contributed by atoms with van der Waals surface area (Å²) in [6.45, 7) is 3.92. The Morgan fingerprint density at radius 1 is 1.47 bits per heavy atom. The number of hydrogen-bond acceptors (Lipinski definition) is 1. The summed E-state index contributed by atoms with van der Waals surface area (Å²) < 4.78 is 12.6. The van der Waals surface area contributed by atoms with Crippen LogP contribution in [0.4, 0.5) is 4.39 Å². The number of halogens is 1. The first kappa shape index (κ1) is 14.2. The Labute approximate surface area is 101 Å². The topological polar surface area (TPSA) is 23.8 Å². The van der Waals surface area contributed by atoms with Gasteiger partial charge in [-0.3, -0.25) is 0 Å². The molecule has 0 bridgehead atoms. The normalized spacial score (nSPS) is 8.80. The summed E-state index contributed by atoms with van der Waals surface area (Å²) in [6, 6.07) is 6.37. The summed E-state index contributed by atoms with van der Waals surface area (Å²) in [7, 11) is 0. The molecule has 1 rings (SSSR count). The molecule has 0 amide bonds. The number of aryl methyl sites for hydroxylation is 1. The molecule has 0 aliphatic rings. The molecule has 0 aliphatic heterocycles. The van der Waals surface area contributed by atoms with Crippen molar-refractivity contribution in [1.82, 2.24) is 0 Å². The molecule has 0 spiro atoms. The third-order valence-corrected chi connectivity index (χ3v) is 2.04. The molecule has 0 N–H and O–H groups in total. The molecule has 1 nitrogen and oxygen atoms in total. The van der Waals surface area contributed by atoms with Crippen LogP contribution >= 0.6 is 0 Å². The second-order valence-electron chi connectivity index (χ2n) is 3.40. The summed E-state index contributed by atoms with van der Waals surface area (Å²) in [6.07, 6.45) is 2.73. The van der Waals surface area contributed by atoms with Crippen molar-refractivity contribution in [3.05, 3.63) is 35.1 Å². The van der Waals surface area contributed by atoms with Gasteiger partial charge in [0.2, 0.25) is 0 Å². The van der Waals surface area contributed by atoms with E-state index in [1.807, 2.05) is 0 Å². The van der Waals surface area contributed by atoms with Gasteiger partial charge in [0.25, 0.3) is 0 Å². The standard InChI is InChI=1S/C8H6FN.C4H9.Li/c1-6-3-2-4-8(9)7(6)5-10;1-3-4-2;/h2-4H,1H3;1,3-4H2,2H3;. The van der Waals surface area contributed by atoms with Gasteiger partial charge in [0.05, 0.1) is 5.56 Å². The van der Waals surface area contributed by atoms with E-state index in [-0.39, 0.29) is 5.56 Å². The third-order valence-electron chi connectivity index (χ3n) is 2.04. The van der Waals surface area contributed by atoms with Gasteiger partial charge in [-0.15, -0.1) is 0 Å². The maximum atomic E-state index is 12.6. The third kappa shape index (κ3) is 5.63. The summed E-state index contributed by atoms with van der Waals surface area (Å²) >= 11 is 2.21. The molecule has 3 heteroatoms. The van der Waals surface area contributed by atoms with Crippen LogP contribution < -0.4 is 0 Å². The zero-order valence-electron chi connectivity index (χ0n) is 9.68. The first-order chi connectivity index (χ1) is 7.17. The Bertz CT molecular complexity index is 309. The molecule has 0 saturated heterocycles. The number of hydrogen-bond donors (Lipinski definition) is 0. The van der Waals surface area contributed by atoms with Crippen LogP contribution in [0.2, 0.25) is 5.09 Å². The van der Waals surface area contributed by atoms with E-state index in [1.54, 1.807) is 25.1 Å². The number of nitriles is 1. The molecule has 76 valence electrons. The van der Waals surface area contributed by atoms with Crippen LogP contribution in [-0.2, 0) is 0 Å². The van der Waals surface area contributed by atoms with Gasteiger partial charge in [-0.05, 0) is 18.6 Å². The van der Waals surface area contributed by atoms with E-state index in [2.05, 4.69) is 24.6 Å². The average Bonchev–Trinajstić information content (AvgIpc) is 2.20. The van der Waals surface area contributed by atoms with Crippen LogP contribution in [0.1, 0.15) is 30.9 Å². The Balaban J connectivity index is 0.000000336. The molecule has 0 aromatic heterocycles. The quantitative estimate of drug-likeness (QED) is 0.670. The van der Waals surface area contributed by atoms with Gasteiger partial charge in [-0.25, -0.2) is 4.39 Å². The van der Waals surface area contributed by atoms with Gasteiger partial charge in [-0.2, -0.15) is 5.26 Å². The van der Waals surface area contributed by atoms with E-state index in [1.165, 1.54) is 24.0 Å². The molecule has 1 aromatic rings. The molecular formula is C12H15FLiN. The van der Waals surface area contributed by atoms with Crippen LogP contribution in [-0.4, -0.2) is 17.7 Å². The van der Waals surface area contributed by atoms with Gasteiger partial charge in [-0.1, -0.05) is 12.1 Å². The molecule has 0 saturated carbocycles. The molecule has 15 heavy (non-hydrogen) atoms. The van der Waals surface area contributed by atoms with E-state index < -0.39 is 5.82 Å². The van der Waals surface area contributed by atoms with Crippen molar-refractivity contribution in [2.45, 2.75) is 31.8 Å². The number of rotatable bonds is 2. The molecule has 0 radical (unpaired) electrons. The minimum absolute atomic E-state index is 0.141. The van der Waals surface area contributed by atoms with Gasteiger partial charge >= 0.3 is 42.6 Å². The van der Waals surface area contributed by atoms with Crippen LogP contribution in [0.5, 0.6) is 0 Å². The zero-order valence-corrected chi connectivity index (χ0v) is 9.68. The zero-order chi connectivity index (χ0) is 11.7. The van der Waals surface area contributed by atoms with Crippen LogP contribution in [0.25, 0.3) is 0 Å². The fourth-order valence-electron chi connectivity index (χ4n) is 1.13. The summed E-state index contributed by atoms with van der Waals surface area (Å²) in [5.41, 5.74) is 0.824. The molecule has 1 aromatic carbocycles.